The van der Waals surface area contributed by atoms with Gasteiger partial charge in [-0.25, -0.2) is 0 Å². The SMILES string of the molecule is C#CCCC(C)(O)c1ccc(C)cc1. The second-order valence-electron chi connectivity index (χ2n) is 3.84. The first-order valence-corrected chi connectivity index (χ1v) is 4.79. The summed E-state index contributed by atoms with van der Waals surface area (Å²) in [4.78, 5) is 0. The first kappa shape index (κ1) is 10.8. The van der Waals surface area contributed by atoms with Crippen molar-refractivity contribution in [1.29, 1.82) is 0 Å². The highest BCUT2D eigenvalue weighted by atomic mass is 16.3. The molecule has 0 aliphatic heterocycles. The summed E-state index contributed by atoms with van der Waals surface area (Å²) in [6, 6.07) is 7.90. The number of hydrogen-bond acceptors (Lipinski definition) is 1. The lowest BCUT2D eigenvalue weighted by molar-refractivity contribution is 0.0494. The molecule has 1 aromatic rings. The van der Waals surface area contributed by atoms with Crippen LogP contribution in [0.15, 0.2) is 24.3 Å². The summed E-state index contributed by atoms with van der Waals surface area (Å²) in [5.41, 5.74) is 1.32. The zero-order valence-electron chi connectivity index (χ0n) is 8.75. The van der Waals surface area contributed by atoms with Crippen LogP contribution in [0.5, 0.6) is 0 Å². The van der Waals surface area contributed by atoms with Crippen LogP contribution in [-0.4, -0.2) is 5.11 Å². The van der Waals surface area contributed by atoms with Crippen molar-refractivity contribution in [1.82, 2.24) is 0 Å². The Hall–Kier alpha value is -1.26. The second kappa shape index (κ2) is 4.30. The molecule has 0 fully saturated rings. The van der Waals surface area contributed by atoms with E-state index in [1.807, 2.05) is 31.2 Å². The normalized spacial score (nSPS) is 14.4. The van der Waals surface area contributed by atoms with Gasteiger partial charge in [-0.1, -0.05) is 29.8 Å². The lowest BCUT2D eigenvalue weighted by Crippen LogP contribution is -2.20. The number of benzene rings is 1. The number of aryl methyl sites for hydroxylation is 1. The van der Waals surface area contributed by atoms with Crippen molar-refractivity contribution in [2.75, 3.05) is 0 Å². The molecule has 1 atom stereocenters. The van der Waals surface area contributed by atoms with Crippen LogP contribution in [0.25, 0.3) is 0 Å². The van der Waals surface area contributed by atoms with Crippen LogP contribution < -0.4 is 0 Å². The van der Waals surface area contributed by atoms with E-state index < -0.39 is 5.60 Å². The van der Waals surface area contributed by atoms with Gasteiger partial charge in [-0.3, -0.25) is 0 Å². The lowest BCUT2D eigenvalue weighted by atomic mass is 9.91. The van der Waals surface area contributed by atoms with Gasteiger partial charge < -0.3 is 5.11 Å². The molecule has 0 heterocycles. The largest absolute Gasteiger partial charge is 0.385 e. The van der Waals surface area contributed by atoms with E-state index in [-0.39, 0.29) is 0 Å². The standard InChI is InChI=1S/C13H16O/c1-4-5-10-13(3,14)12-8-6-11(2)7-9-12/h1,6-9,14H,5,10H2,2-3H3. The molecule has 1 N–H and O–H groups in total. The van der Waals surface area contributed by atoms with Crippen molar-refractivity contribution >= 4 is 0 Å². The van der Waals surface area contributed by atoms with Crippen molar-refractivity contribution in [2.45, 2.75) is 32.3 Å². The molecule has 0 bridgehead atoms. The third kappa shape index (κ3) is 2.61. The molecule has 0 aromatic heterocycles. The molecule has 0 spiro atoms. The summed E-state index contributed by atoms with van der Waals surface area (Å²) < 4.78 is 0. The van der Waals surface area contributed by atoms with Crippen LogP contribution in [0.1, 0.15) is 30.9 Å². The highest BCUT2D eigenvalue weighted by Gasteiger charge is 2.21. The smallest absolute Gasteiger partial charge is 0.0877 e. The van der Waals surface area contributed by atoms with Crippen LogP contribution in [0.2, 0.25) is 0 Å². The average Bonchev–Trinajstić information content (AvgIpc) is 2.16. The minimum absolute atomic E-state index is 0.598. The molecule has 1 rings (SSSR count). The Labute approximate surface area is 85.8 Å². The van der Waals surface area contributed by atoms with Crippen LogP contribution in [0.4, 0.5) is 0 Å². The molecular weight excluding hydrogens is 172 g/mol. The van der Waals surface area contributed by atoms with Gasteiger partial charge in [0.1, 0.15) is 0 Å². The minimum Gasteiger partial charge on any atom is -0.385 e. The Bertz CT molecular complexity index is 327. The molecular formula is C13H16O. The van der Waals surface area contributed by atoms with Crippen molar-refractivity contribution < 1.29 is 5.11 Å². The van der Waals surface area contributed by atoms with Crippen LogP contribution >= 0.6 is 0 Å². The van der Waals surface area contributed by atoms with Gasteiger partial charge in [-0.2, -0.15) is 0 Å². The summed E-state index contributed by atoms with van der Waals surface area (Å²) in [7, 11) is 0. The topological polar surface area (TPSA) is 20.2 Å². The maximum atomic E-state index is 10.1. The highest BCUT2D eigenvalue weighted by Crippen LogP contribution is 2.25. The zero-order chi connectivity index (χ0) is 10.6. The second-order valence-corrected chi connectivity index (χ2v) is 3.84. The fraction of sp³-hybridized carbons (Fsp3) is 0.385. The predicted octanol–water partition coefficient (Wildman–Crippen LogP) is 2.62. The van der Waals surface area contributed by atoms with Crippen LogP contribution in [-0.2, 0) is 5.60 Å². The molecule has 1 unspecified atom stereocenters. The molecule has 1 heteroatoms. The molecule has 0 saturated carbocycles. The van der Waals surface area contributed by atoms with E-state index >= 15 is 0 Å². The maximum absolute atomic E-state index is 10.1. The molecule has 0 aliphatic carbocycles. The maximum Gasteiger partial charge on any atom is 0.0877 e. The molecule has 14 heavy (non-hydrogen) atoms. The number of aliphatic hydroxyl groups is 1. The third-order valence-corrected chi connectivity index (χ3v) is 2.43. The monoisotopic (exact) mass is 188 g/mol. The van der Waals surface area contributed by atoms with Gasteiger partial charge in [0.2, 0.25) is 0 Å². The van der Waals surface area contributed by atoms with Crippen molar-refractivity contribution in [3.63, 3.8) is 0 Å². The summed E-state index contributed by atoms with van der Waals surface area (Å²) in [6.45, 7) is 3.83. The lowest BCUT2D eigenvalue weighted by Gasteiger charge is -2.22. The number of terminal acetylenes is 1. The van der Waals surface area contributed by atoms with E-state index in [1.165, 1.54) is 5.56 Å². The Morgan fingerprint density at radius 1 is 1.36 bits per heavy atom. The Balaban J connectivity index is 2.82. The fourth-order valence-corrected chi connectivity index (χ4v) is 1.37. The Morgan fingerprint density at radius 2 is 1.93 bits per heavy atom. The van der Waals surface area contributed by atoms with Gasteiger partial charge in [0.25, 0.3) is 0 Å². The van der Waals surface area contributed by atoms with Gasteiger partial charge in [-0.05, 0) is 25.8 Å². The van der Waals surface area contributed by atoms with E-state index in [4.69, 9.17) is 6.42 Å². The molecule has 74 valence electrons. The first-order chi connectivity index (χ1) is 6.56. The van der Waals surface area contributed by atoms with Crippen molar-refractivity contribution in [3.8, 4) is 12.3 Å². The van der Waals surface area contributed by atoms with E-state index in [1.54, 1.807) is 6.92 Å². The Kier molecular flexibility index (Phi) is 3.33. The quantitative estimate of drug-likeness (QED) is 0.723. The molecule has 0 radical (unpaired) electrons. The van der Waals surface area contributed by atoms with Crippen molar-refractivity contribution in [3.05, 3.63) is 35.4 Å². The summed E-state index contributed by atoms with van der Waals surface area (Å²) in [6.07, 6.45) is 6.38. The fourth-order valence-electron chi connectivity index (χ4n) is 1.37. The summed E-state index contributed by atoms with van der Waals surface area (Å²) in [5.74, 6) is 2.54. The first-order valence-electron chi connectivity index (χ1n) is 4.79. The van der Waals surface area contributed by atoms with Gasteiger partial charge in [0.15, 0.2) is 0 Å². The van der Waals surface area contributed by atoms with Gasteiger partial charge in [-0.15, -0.1) is 12.3 Å². The van der Waals surface area contributed by atoms with Gasteiger partial charge in [0.05, 0.1) is 5.60 Å². The van der Waals surface area contributed by atoms with E-state index in [0.29, 0.717) is 12.8 Å². The minimum atomic E-state index is -0.805. The van der Waals surface area contributed by atoms with E-state index in [2.05, 4.69) is 5.92 Å². The molecule has 0 saturated heterocycles. The summed E-state index contributed by atoms with van der Waals surface area (Å²) in [5, 5.41) is 10.1. The number of hydrogen-bond donors (Lipinski definition) is 1. The van der Waals surface area contributed by atoms with E-state index in [0.717, 1.165) is 5.56 Å². The summed E-state index contributed by atoms with van der Waals surface area (Å²) >= 11 is 0. The van der Waals surface area contributed by atoms with Crippen LogP contribution in [0.3, 0.4) is 0 Å². The van der Waals surface area contributed by atoms with Gasteiger partial charge >= 0.3 is 0 Å². The average molecular weight is 188 g/mol. The molecule has 1 nitrogen and oxygen atoms in total. The van der Waals surface area contributed by atoms with Crippen LogP contribution in [0, 0.1) is 19.3 Å². The molecule has 0 aliphatic rings. The predicted molar refractivity (Wildman–Crippen MR) is 58.8 cm³/mol. The molecule has 0 amide bonds. The highest BCUT2D eigenvalue weighted by molar-refractivity contribution is 5.26. The van der Waals surface area contributed by atoms with Gasteiger partial charge in [0, 0.05) is 6.42 Å². The zero-order valence-corrected chi connectivity index (χ0v) is 8.75. The van der Waals surface area contributed by atoms with Crippen molar-refractivity contribution in [2.24, 2.45) is 0 Å². The van der Waals surface area contributed by atoms with E-state index in [9.17, 15) is 5.11 Å². The number of rotatable bonds is 3. The Morgan fingerprint density at radius 3 is 2.43 bits per heavy atom. The third-order valence-electron chi connectivity index (χ3n) is 2.43. The molecule has 1 aromatic carbocycles.